The van der Waals surface area contributed by atoms with Gasteiger partial charge in [0.05, 0.1) is 5.56 Å². The average molecular weight is 344 g/mol. The Bertz CT molecular complexity index is 665. The largest absolute Gasteiger partial charge is 0.452 e. The molecule has 0 aliphatic heterocycles. The highest BCUT2D eigenvalue weighted by molar-refractivity contribution is 5.91. The highest BCUT2D eigenvalue weighted by Gasteiger charge is 2.20. The van der Waals surface area contributed by atoms with Crippen molar-refractivity contribution >= 4 is 17.8 Å². The number of carbonyl (C=O) groups is 3. The smallest absolute Gasteiger partial charge is 0.338 e. The summed E-state index contributed by atoms with van der Waals surface area (Å²) >= 11 is 0. The number of hydrogen-bond donors (Lipinski definition) is 1. The van der Waals surface area contributed by atoms with Gasteiger partial charge >= 0.3 is 5.97 Å². The van der Waals surface area contributed by atoms with Crippen molar-refractivity contribution in [1.29, 1.82) is 0 Å². The molecule has 0 fully saturated rings. The molecule has 0 aromatic heterocycles. The van der Waals surface area contributed by atoms with E-state index >= 15 is 0 Å². The van der Waals surface area contributed by atoms with Crippen LogP contribution in [0.3, 0.4) is 0 Å². The number of carbonyl (C=O) groups excluding carboxylic acids is 3. The number of amides is 2. The molecule has 2 amide bonds. The van der Waals surface area contributed by atoms with Gasteiger partial charge in [-0.3, -0.25) is 9.59 Å². The van der Waals surface area contributed by atoms with Crippen molar-refractivity contribution in [1.82, 2.24) is 10.2 Å². The van der Waals surface area contributed by atoms with Gasteiger partial charge in [0.1, 0.15) is 0 Å². The minimum Gasteiger partial charge on any atom is -0.452 e. The van der Waals surface area contributed by atoms with Crippen LogP contribution in [0.1, 0.15) is 49.0 Å². The molecule has 0 saturated carbocycles. The third kappa shape index (κ3) is 5.45. The number of rotatable bonds is 7. The number of benzene rings is 1. The van der Waals surface area contributed by atoms with E-state index < -0.39 is 5.97 Å². The zero-order valence-corrected chi connectivity index (χ0v) is 14.7. The van der Waals surface area contributed by atoms with Crippen LogP contribution in [0.25, 0.3) is 0 Å². The van der Waals surface area contributed by atoms with Crippen LogP contribution < -0.4 is 5.32 Å². The van der Waals surface area contributed by atoms with Gasteiger partial charge in [0.2, 0.25) is 5.91 Å². The summed E-state index contributed by atoms with van der Waals surface area (Å²) in [5, 5.41) is 2.69. The standard InChI is InChI=1S/C19H24N2O4/c1-3-21(17-6-4-5-7-17)18(23)13-25-19(24)16-10-8-15(9-11-16)12-20-14(2)22/h6,8-11H,3-5,7,12-13H2,1-2H3,(H,20,22). The van der Waals surface area contributed by atoms with Gasteiger partial charge < -0.3 is 15.0 Å². The summed E-state index contributed by atoms with van der Waals surface area (Å²) in [7, 11) is 0. The molecule has 1 N–H and O–H groups in total. The molecular weight excluding hydrogens is 320 g/mol. The topological polar surface area (TPSA) is 75.7 Å². The van der Waals surface area contributed by atoms with Gasteiger partial charge in [-0.1, -0.05) is 18.2 Å². The number of nitrogens with zero attached hydrogens (tertiary/aromatic N) is 1. The minimum atomic E-state index is -0.532. The summed E-state index contributed by atoms with van der Waals surface area (Å²) in [5.41, 5.74) is 2.28. The Balaban J connectivity index is 1.86. The lowest BCUT2D eigenvalue weighted by atomic mass is 10.1. The molecule has 1 aliphatic carbocycles. The first-order valence-corrected chi connectivity index (χ1v) is 8.51. The summed E-state index contributed by atoms with van der Waals surface area (Å²) in [6.45, 7) is 4.07. The van der Waals surface area contributed by atoms with Crippen molar-refractivity contribution in [2.24, 2.45) is 0 Å². The molecule has 25 heavy (non-hydrogen) atoms. The van der Waals surface area contributed by atoms with E-state index in [0.29, 0.717) is 18.7 Å². The van der Waals surface area contributed by atoms with E-state index in [2.05, 4.69) is 11.4 Å². The van der Waals surface area contributed by atoms with Gasteiger partial charge in [-0.25, -0.2) is 4.79 Å². The summed E-state index contributed by atoms with van der Waals surface area (Å²) in [5.74, 6) is -0.845. The Labute approximate surface area is 147 Å². The van der Waals surface area contributed by atoms with E-state index in [1.165, 1.54) is 6.92 Å². The average Bonchev–Trinajstić information content (AvgIpc) is 3.13. The lowest BCUT2D eigenvalue weighted by Gasteiger charge is -2.22. The van der Waals surface area contributed by atoms with Crippen molar-refractivity contribution in [3.05, 3.63) is 47.2 Å². The van der Waals surface area contributed by atoms with Gasteiger partial charge in [-0.05, 0) is 43.9 Å². The number of ether oxygens (including phenoxy) is 1. The van der Waals surface area contributed by atoms with E-state index in [9.17, 15) is 14.4 Å². The number of esters is 1. The quantitative estimate of drug-likeness (QED) is 0.771. The second-order valence-electron chi connectivity index (χ2n) is 5.91. The van der Waals surface area contributed by atoms with Crippen LogP contribution in [-0.2, 0) is 20.9 Å². The van der Waals surface area contributed by atoms with E-state index in [4.69, 9.17) is 4.74 Å². The predicted octanol–water partition coefficient (Wildman–Crippen LogP) is 2.40. The lowest BCUT2D eigenvalue weighted by Crippen LogP contribution is -2.33. The maximum atomic E-state index is 12.3. The molecular formula is C19H24N2O4. The number of nitrogens with one attached hydrogen (secondary N) is 1. The molecule has 0 radical (unpaired) electrons. The molecule has 1 aromatic carbocycles. The molecule has 0 saturated heterocycles. The normalized spacial score (nSPS) is 13.1. The maximum absolute atomic E-state index is 12.3. The lowest BCUT2D eigenvalue weighted by molar-refractivity contribution is -0.132. The monoisotopic (exact) mass is 344 g/mol. The fourth-order valence-electron chi connectivity index (χ4n) is 2.71. The second kappa shape index (κ2) is 9.01. The molecule has 2 rings (SSSR count). The summed E-state index contributed by atoms with van der Waals surface area (Å²) in [6.07, 6.45) is 5.01. The summed E-state index contributed by atoms with van der Waals surface area (Å²) in [4.78, 5) is 36.9. The minimum absolute atomic E-state index is 0.111. The van der Waals surface area contributed by atoms with Gasteiger partial charge in [0, 0.05) is 25.7 Å². The third-order valence-corrected chi connectivity index (χ3v) is 4.04. The van der Waals surface area contributed by atoms with Gasteiger partial charge in [0.15, 0.2) is 6.61 Å². The fraction of sp³-hybridized carbons (Fsp3) is 0.421. The van der Waals surface area contributed by atoms with Crippen LogP contribution in [0.15, 0.2) is 36.0 Å². The fourth-order valence-corrected chi connectivity index (χ4v) is 2.71. The zero-order valence-electron chi connectivity index (χ0n) is 14.7. The third-order valence-electron chi connectivity index (χ3n) is 4.04. The van der Waals surface area contributed by atoms with Crippen LogP contribution in [0.2, 0.25) is 0 Å². The van der Waals surface area contributed by atoms with E-state index in [0.717, 1.165) is 30.5 Å². The van der Waals surface area contributed by atoms with Crippen LogP contribution >= 0.6 is 0 Å². The Morgan fingerprint density at radius 2 is 1.92 bits per heavy atom. The zero-order chi connectivity index (χ0) is 18.2. The van der Waals surface area contributed by atoms with Gasteiger partial charge in [-0.15, -0.1) is 0 Å². The second-order valence-corrected chi connectivity index (χ2v) is 5.91. The van der Waals surface area contributed by atoms with Crippen LogP contribution in [0.4, 0.5) is 0 Å². The molecule has 0 heterocycles. The SMILES string of the molecule is CCN(C(=O)COC(=O)c1ccc(CNC(C)=O)cc1)C1=CCCC1. The number of hydrogen-bond acceptors (Lipinski definition) is 4. The first-order valence-electron chi connectivity index (χ1n) is 8.51. The molecule has 1 aromatic rings. The van der Waals surface area contributed by atoms with Crippen LogP contribution in [0, 0.1) is 0 Å². The van der Waals surface area contributed by atoms with Crippen molar-refractivity contribution in [2.75, 3.05) is 13.2 Å². The molecule has 1 aliphatic rings. The van der Waals surface area contributed by atoms with E-state index in [1.807, 2.05) is 6.92 Å². The van der Waals surface area contributed by atoms with Crippen molar-refractivity contribution in [3.8, 4) is 0 Å². The van der Waals surface area contributed by atoms with Gasteiger partial charge in [-0.2, -0.15) is 0 Å². The maximum Gasteiger partial charge on any atom is 0.338 e. The summed E-state index contributed by atoms with van der Waals surface area (Å²) in [6, 6.07) is 6.74. The predicted molar refractivity (Wildman–Crippen MR) is 93.6 cm³/mol. The molecule has 6 nitrogen and oxygen atoms in total. The first-order chi connectivity index (χ1) is 12.0. The Hall–Kier alpha value is -2.63. The van der Waals surface area contributed by atoms with E-state index in [1.54, 1.807) is 29.2 Å². The van der Waals surface area contributed by atoms with Crippen LogP contribution in [-0.4, -0.2) is 35.8 Å². The molecule has 0 spiro atoms. The van der Waals surface area contributed by atoms with Gasteiger partial charge in [0.25, 0.3) is 5.91 Å². The Kier molecular flexibility index (Phi) is 6.74. The summed E-state index contributed by atoms with van der Waals surface area (Å²) < 4.78 is 5.14. The Morgan fingerprint density at radius 3 is 2.48 bits per heavy atom. The first kappa shape index (κ1) is 18.7. The molecule has 134 valence electrons. The van der Waals surface area contributed by atoms with Crippen molar-refractivity contribution in [3.63, 3.8) is 0 Å². The highest BCUT2D eigenvalue weighted by atomic mass is 16.5. The van der Waals surface area contributed by atoms with Crippen molar-refractivity contribution < 1.29 is 19.1 Å². The highest BCUT2D eigenvalue weighted by Crippen LogP contribution is 2.21. The van der Waals surface area contributed by atoms with E-state index in [-0.39, 0.29) is 18.4 Å². The molecule has 0 atom stereocenters. The number of likely N-dealkylation sites (N-methyl/N-ethyl adjacent to an activating group) is 1. The van der Waals surface area contributed by atoms with Crippen LogP contribution in [0.5, 0.6) is 0 Å². The molecule has 0 unspecified atom stereocenters. The molecule has 6 heteroatoms. The van der Waals surface area contributed by atoms with Crippen molar-refractivity contribution in [2.45, 2.75) is 39.7 Å². The Morgan fingerprint density at radius 1 is 1.20 bits per heavy atom. The molecule has 0 bridgehead atoms. The number of allylic oxidation sites excluding steroid dienone is 2.